The first kappa shape index (κ1) is 17.7. The number of halogens is 1. The van der Waals surface area contributed by atoms with E-state index in [1.54, 1.807) is 56.5 Å². The van der Waals surface area contributed by atoms with E-state index in [-0.39, 0.29) is 5.91 Å². The zero-order chi connectivity index (χ0) is 19.7. The van der Waals surface area contributed by atoms with Gasteiger partial charge in [-0.05, 0) is 47.7 Å². The summed E-state index contributed by atoms with van der Waals surface area (Å²) in [5.74, 6) is 0.185. The summed E-state index contributed by atoms with van der Waals surface area (Å²) < 4.78 is 21.1. The fourth-order valence-electron chi connectivity index (χ4n) is 3.16. The fourth-order valence-corrected chi connectivity index (χ4v) is 3.16. The van der Waals surface area contributed by atoms with Crippen LogP contribution < -0.4 is 15.4 Å². The van der Waals surface area contributed by atoms with Crippen molar-refractivity contribution in [3.63, 3.8) is 0 Å². The second-order valence-corrected chi connectivity index (χ2v) is 6.22. The molecule has 1 atom stereocenters. The summed E-state index contributed by atoms with van der Waals surface area (Å²) in [6, 6.07) is 12.4. The Morgan fingerprint density at radius 1 is 1.21 bits per heavy atom. The average molecular weight is 380 g/mol. The highest BCUT2D eigenvalue weighted by molar-refractivity contribution is 6.06. The fraction of sp³-hybridized carbons (Fsp3) is 0.158. The molecular formula is C19H17FN6O2. The molecule has 0 bridgehead atoms. The molecule has 2 heterocycles. The standard InChI is InChI=1S/C19H17FN6O2/c1-11-16(18(27)22-12-7-9-13(28-2)10-8-12)17(14-5-3-4-6-15(14)20)26-19(21-11)23-24-25-26/h3-10,17H,1-2H3,(H,22,27)(H,21,23,25)/t17-/m0/s1. The number of methoxy groups -OCH3 is 1. The quantitative estimate of drug-likeness (QED) is 0.723. The average Bonchev–Trinajstić information content (AvgIpc) is 3.16. The van der Waals surface area contributed by atoms with Crippen molar-refractivity contribution in [3.8, 4) is 5.75 Å². The molecule has 28 heavy (non-hydrogen) atoms. The number of carbonyl (C=O) groups excluding carboxylic acids is 1. The van der Waals surface area contributed by atoms with Gasteiger partial charge in [-0.25, -0.2) is 4.39 Å². The van der Waals surface area contributed by atoms with Crippen LogP contribution in [0.4, 0.5) is 16.0 Å². The summed E-state index contributed by atoms with van der Waals surface area (Å²) in [4.78, 5) is 13.1. The first-order chi connectivity index (χ1) is 13.6. The van der Waals surface area contributed by atoms with Crippen molar-refractivity contribution in [2.75, 3.05) is 17.7 Å². The van der Waals surface area contributed by atoms with Crippen molar-refractivity contribution in [3.05, 3.63) is 71.2 Å². The summed E-state index contributed by atoms with van der Waals surface area (Å²) in [5.41, 5.74) is 1.75. The molecule has 2 N–H and O–H groups in total. The third-order valence-electron chi connectivity index (χ3n) is 4.51. The first-order valence-corrected chi connectivity index (χ1v) is 8.54. The summed E-state index contributed by atoms with van der Waals surface area (Å²) in [5, 5.41) is 17.3. The Labute approximate surface area is 160 Å². The van der Waals surface area contributed by atoms with E-state index in [1.807, 2.05) is 0 Å². The zero-order valence-electron chi connectivity index (χ0n) is 15.2. The molecule has 9 heteroatoms. The molecular weight excluding hydrogens is 363 g/mol. The van der Waals surface area contributed by atoms with E-state index >= 15 is 0 Å². The van der Waals surface area contributed by atoms with Crippen LogP contribution in [-0.2, 0) is 4.79 Å². The molecule has 8 nitrogen and oxygen atoms in total. The van der Waals surface area contributed by atoms with E-state index in [9.17, 15) is 9.18 Å². The monoisotopic (exact) mass is 380 g/mol. The van der Waals surface area contributed by atoms with Gasteiger partial charge in [0.05, 0.1) is 12.7 Å². The lowest BCUT2D eigenvalue weighted by Gasteiger charge is -2.28. The number of benzene rings is 2. The maximum atomic E-state index is 14.6. The normalized spacial score (nSPS) is 15.6. The number of allylic oxidation sites excluding steroid dienone is 1. The molecule has 1 aliphatic heterocycles. The van der Waals surface area contributed by atoms with Gasteiger partial charge in [-0.2, -0.15) is 4.68 Å². The highest BCUT2D eigenvalue weighted by atomic mass is 19.1. The molecule has 0 unspecified atom stereocenters. The molecule has 142 valence electrons. The molecule has 2 aromatic carbocycles. The van der Waals surface area contributed by atoms with Gasteiger partial charge >= 0.3 is 0 Å². The summed E-state index contributed by atoms with van der Waals surface area (Å²) in [6.45, 7) is 1.73. The van der Waals surface area contributed by atoms with E-state index in [0.717, 1.165) is 0 Å². The van der Waals surface area contributed by atoms with Gasteiger partial charge in [-0.15, -0.1) is 0 Å². The highest BCUT2D eigenvalue weighted by Crippen LogP contribution is 2.35. The minimum Gasteiger partial charge on any atom is -0.497 e. The molecule has 0 aliphatic carbocycles. The van der Waals surface area contributed by atoms with Gasteiger partial charge in [0.1, 0.15) is 17.6 Å². The van der Waals surface area contributed by atoms with Crippen molar-refractivity contribution in [2.45, 2.75) is 13.0 Å². The number of hydrogen-bond acceptors (Lipinski definition) is 6. The van der Waals surface area contributed by atoms with E-state index in [2.05, 4.69) is 26.2 Å². The number of carbonyl (C=O) groups is 1. The largest absolute Gasteiger partial charge is 0.497 e. The second-order valence-electron chi connectivity index (χ2n) is 6.22. The topological polar surface area (TPSA) is 94.0 Å². The van der Waals surface area contributed by atoms with Crippen LogP contribution in [0.5, 0.6) is 5.75 Å². The highest BCUT2D eigenvalue weighted by Gasteiger charge is 2.35. The maximum absolute atomic E-state index is 14.6. The van der Waals surface area contributed by atoms with Crippen molar-refractivity contribution in [2.24, 2.45) is 0 Å². The van der Waals surface area contributed by atoms with Crippen molar-refractivity contribution < 1.29 is 13.9 Å². The van der Waals surface area contributed by atoms with Crippen molar-refractivity contribution >= 4 is 17.5 Å². The predicted molar refractivity (Wildman–Crippen MR) is 100 cm³/mol. The van der Waals surface area contributed by atoms with Crippen LogP contribution in [-0.4, -0.2) is 33.2 Å². The van der Waals surface area contributed by atoms with Crippen LogP contribution in [0.3, 0.4) is 0 Å². The third-order valence-corrected chi connectivity index (χ3v) is 4.51. The van der Waals surface area contributed by atoms with E-state index < -0.39 is 11.9 Å². The number of tetrazole rings is 1. The molecule has 1 aliphatic rings. The minimum absolute atomic E-state index is 0.303. The number of rotatable bonds is 4. The van der Waals surface area contributed by atoms with Gasteiger partial charge in [0.15, 0.2) is 0 Å². The number of amides is 1. The van der Waals surface area contributed by atoms with E-state index in [1.165, 1.54) is 10.7 Å². The first-order valence-electron chi connectivity index (χ1n) is 8.54. The van der Waals surface area contributed by atoms with Crippen LogP contribution in [0.25, 0.3) is 0 Å². The maximum Gasteiger partial charge on any atom is 0.255 e. The molecule has 1 amide bonds. The lowest BCUT2D eigenvalue weighted by Crippen LogP contribution is -2.32. The Balaban J connectivity index is 1.74. The summed E-state index contributed by atoms with van der Waals surface area (Å²) in [6.07, 6.45) is 0. The molecule has 0 spiro atoms. The molecule has 4 rings (SSSR count). The SMILES string of the molecule is COc1ccc(NC(=O)C2=C(C)Nc3nnnn3[C@H]2c2ccccc2F)cc1. The van der Waals surface area contributed by atoms with Crippen LogP contribution in [0, 0.1) is 5.82 Å². The summed E-state index contributed by atoms with van der Waals surface area (Å²) >= 11 is 0. The number of aromatic nitrogens is 4. The lowest BCUT2D eigenvalue weighted by molar-refractivity contribution is -0.113. The second kappa shape index (κ2) is 7.10. The number of nitrogens with zero attached hydrogens (tertiary/aromatic N) is 4. The number of hydrogen-bond donors (Lipinski definition) is 2. The Kier molecular flexibility index (Phi) is 4.48. The molecule has 0 saturated heterocycles. The molecule has 0 fully saturated rings. The van der Waals surface area contributed by atoms with E-state index in [4.69, 9.17) is 4.74 Å². The third kappa shape index (κ3) is 3.07. The Hall–Kier alpha value is -3.75. The molecule has 0 radical (unpaired) electrons. The predicted octanol–water partition coefficient (Wildman–Crippen LogP) is 2.75. The van der Waals surface area contributed by atoms with Gasteiger partial charge in [-0.3, -0.25) is 4.79 Å². The molecule has 0 saturated carbocycles. The van der Waals surface area contributed by atoms with Gasteiger partial charge < -0.3 is 15.4 Å². The van der Waals surface area contributed by atoms with Gasteiger partial charge in [0.2, 0.25) is 5.95 Å². The van der Waals surface area contributed by atoms with Gasteiger partial charge in [-0.1, -0.05) is 23.3 Å². The van der Waals surface area contributed by atoms with Crippen molar-refractivity contribution in [1.29, 1.82) is 0 Å². The Bertz CT molecular complexity index is 1060. The number of ether oxygens (including phenoxy) is 1. The molecule has 3 aromatic rings. The van der Waals surface area contributed by atoms with Gasteiger partial charge in [0, 0.05) is 16.9 Å². The number of fused-ring (bicyclic) bond motifs is 1. The van der Waals surface area contributed by atoms with Crippen LogP contribution in [0.15, 0.2) is 59.8 Å². The number of nitrogens with one attached hydrogen (secondary N) is 2. The summed E-state index contributed by atoms with van der Waals surface area (Å²) in [7, 11) is 1.57. The Morgan fingerprint density at radius 2 is 1.96 bits per heavy atom. The van der Waals surface area contributed by atoms with E-state index in [0.29, 0.717) is 34.2 Å². The Morgan fingerprint density at radius 3 is 2.68 bits per heavy atom. The molecule has 1 aromatic heterocycles. The smallest absolute Gasteiger partial charge is 0.255 e. The van der Waals surface area contributed by atoms with Crippen LogP contribution >= 0.6 is 0 Å². The lowest BCUT2D eigenvalue weighted by atomic mass is 9.94. The number of anilines is 2. The van der Waals surface area contributed by atoms with Crippen LogP contribution in [0.1, 0.15) is 18.5 Å². The van der Waals surface area contributed by atoms with Crippen molar-refractivity contribution in [1.82, 2.24) is 20.2 Å². The minimum atomic E-state index is -0.800. The van der Waals surface area contributed by atoms with Gasteiger partial charge in [0.25, 0.3) is 5.91 Å². The zero-order valence-corrected chi connectivity index (χ0v) is 15.2. The van der Waals surface area contributed by atoms with Crippen LogP contribution in [0.2, 0.25) is 0 Å².